The van der Waals surface area contributed by atoms with Gasteiger partial charge in [0, 0.05) is 12.4 Å². The first-order valence-electron chi connectivity index (χ1n) is 5.15. The molecule has 0 radical (unpaired) electrons. The van der Waals surface area contributed by atoms with Crippen LogP contribution in [-0.2, 0) is 10.0 Å². The Balaban J connectivity index is 3.46. The molecule has 1 N–H and O–H groups in total. The Labute approximate surface area is 92.3 Å². The molecule has 0 aromatic carbocycles. The maximum Gasteiger partial charge on any atom is 0.211 e. The van der Waals surface area contributed by atoms with Crippen molar-refractivity contribution < 1.29 is 8.42 Å². The number of alkyl halides is 1. The van der Waals surface area contributed by atoms with Gasteiger partial charge in [-0.25, -0.2) is 13.1 Å². The molecule has 0 amide bonds. The lowest BCUT2D eigenvalue weighted by Gasteiger charge is -2.04. The Morgan fingerprint density at radius 3 is 2.43 bits per heavy atom. The summed E-state index contributed by atoms with van der Waals surface area (Å²) in [5.41, 5.74) is 0. The molecule has 0 aliphatic rings. The molecule has 0 heterocycles. The second-order valence-corrected chi connectivity index (χ2v) is 5.62. The summed E-state index contributed by atoms with van der Waals surface area (Å²) in [6.45, 7) is 2.69. The summed E-state index contributed by atoms with van der Waals surface area (Å²) >= 11 is 5.42. The van der Waals surface area contributed by atoms with Crippen molar-refractivity contribution in [2.45, 2.75) is 39.0 Å². The molecular formula is C9H20ClNO2S. The SMILES string of the molecule is CCCCCCNS(=O)(=O)CCCCl. The maximum absolute atomic E-state index is 11.3. The lowest BCUT2D eigenvalue weighted by atomic mass is 10.2. The highest BCUT2D eigenvalue weighted by atomic mass is 35.5. The summed E-state index contributed by atoms with van der Waals surface area (Å²) in [6.07, 6.45) is 4.87. The third kappa shape index (κ3) is 8.78. The molecule has 0 aromatic heterocycles. The van der Waals surface area contributed by atoms with E-state index in [1.165, 1.54) is 12.8 Å². The Kier molecular flexibility index (Phi) is 8.63. The van der Waals surface area contributed by atoms with Crippen molar-refractivity contribution in [3.05, 3.63) is 0 Å². The van der Waals surface area contributed by atoms with Crippen molar-refractivity contribution in [3.63, 3.8) is 0 Å². The number of hydrogen-bond acceptors (Lipinski definition) is 2. The molecule has 0 spiro atoms. The summed E-state index contributed by atoms with van der Waals surface area (Å²) in [7, 11) is -3.07. The zero-order valence-electron chi connectivity index (χ0n) is 8.76. The molecule has 14 heavy (non-hydrogen) atoms. The van der Waals surface area contributed by atoms with E-state index in [2.05, 4.69) is 11.6 Å². The Morgan fingerprint density at radius 1 is 1.14 bits per heavy atom. The topological polar surface area (TPSA) is 46.2 Å². The van der Waals surface area contributed by atoms with Crippen LogP contribution >= 0.6 is 11.6 Å². The molecule has 0 bridgehead atoms. The summed E-state index contributed by atoms with van der Waals surface area (Å²) in [5, 5.41) is 0. The Bertz CT molecular complexity index is 217. The molecule has 0 aliphatic carbocycles. The molecule has 0 saturated heterocycles. The minimum Gasteiger partial charge on any atom is -0.215 e. The van der Waals surface area contributed by atoms with Gasteiger partial charge in [0.25, 0.3) is 0 Å². The van der Waals surface area contributed by atoms with Crippen molar-refractivity contribution in [2.24, 2.45) is 0 Å². The van der Waals surface area contributed by atoms with E-state index in [9.17, 15) is 8.42 Å². The van der Waals surface area contributed by atoms with Gasteiger partial charge in [0.2, 0.25) is 10.0 Å². The minimum atomic E-state index is -3.07. The van der Waals surface area contributed by atoms with E-state index in [0.29, 0.717) is 18.8 Å². The highest BCUT2D eigenvalue weighted by molar-refractivity contribution is 7.89. The highest BCUT2D eigenvalue weighted by Gasteiger charge is 2.07. The van der Waals surface area contributed by atoms with Gasteiger partial charge in [-0.05, 0) is 12.8 Å². The molecule has 0 saturated carbocycles. The van der Waals surface area contributed by atoms with Crippen LogP contribution in [0.5, 0.6) is 0 Å². The van der Waals surface area contributed by atoms with E-state index in [1.807, 2.05) is 0 Å². The highest BCUT2D eigenvalue weighted by Crippen LogP contribution is 1.98. The fourth-order valence-corrected chi connectivity index (χ4v) is 2.51. The van der Waals surface area contributed by atoms with Crippen LogP contribution in [0, 0.1) is 0 Å². The molecule has 0 unspecified atom stereocenters. The number of rotatable bonds is 9. The predicted octanol–water partition coefficient (Wildman–Crippen LogP) is 2.12. The van der Waals surface area contributed by atoms with E-state index >= 15 is 0 Å². The molecule has 0 atom stereocenters. The summed E-state index contributed by atoms with van der Waals surface area (Å²) in [4.78, 5) is 0. The van der Waals surface area contributed by atoms with Gasteiger partial charge in [0.05, 0.1) is 5.75 Å². The van der Waals surface area contributed by atoms with E-state index in [4.69, 9.17) is 11.6 Å². The van der Waals surface area contributed by atoms with Gasteiger partial charge in [0.15, 0.2) is 0 Å². The standard InChI is InChI=1S/C9H20ClNO2S/c1-2-3-4-5-8-11-14(12,13)9-6-7-10/h11H,2-9H2,1H3. The molecule has 0 rings (SSSR count). The Hall–Kier alpha value is 0.200. The normalized spacial score (nSPS) is 11.9. The van der Waals surface area contributed by atoms with Gasteiger partial charge in [-0.15, -0.1) is 11.6 Å². The van der Waals surface area contributed by atoms with Crippen molar-refractivity contribution in [3.8, 4) is 0 Å². The molecule has 86 valence electrons. The van der Waals surface area contributed by atoms with Crippen LogP contribution in [0.25, 0.3) is 0 Å². The van der Waals surface area contributed by atoms with Crippen molar-refractivity contribution in [1.82, 2.24) is 4.72 Å². The summed E-state index contributed by atoms with van der Waals surface area (Å²) in [5.74, 6) is 0.543. The molecule has 0 fully saturated rings. The number of hydrogen-bond donors (Lipinski definition) is 1. The van der Waals surface area contributed by atoms with E-state index in [1.54, 1.807) is 0 Å². The van der Waals surface area contributed by atoms with Crippen molar-refractivity contribution >= 4 is 21.6 Å². The van der Waals surface area contributed by atoms with Crippen molar-refractivity contribution in [1.29, 1.82) is 0 Å². The van der Waals surface area contributed by atoms with Crippen LogP contribution in [-0.4, -0.2) is 26.6 Å². The first kappa shape index (κ1) is 14.2. The molecule has 0 aliphatic heterocycles. The fraction of sp³-hybridized carbons (Fsp3) is 1.00. The molecule has 3 nitrogen and oxygen atoms in total. The molecule has 5 heteroatoms. The van der Waals surface area contributed by atoms with Gasteiger partial charge < -0.3 is 0 Å². The monoisotopic (exact) mass is 241 g/mol. The van der Waals surface area contributed by atoms with Gasteiger partial charge >= 0.3 is 0 Å². The molecule has 0 aromatic rings. The van der Waals surface area contributed by atoms with Crippen LogP contribution in [0.1, 0.15) is 39.0 Å². The maximum atomic E-state index is 11.3. The van der Waals surface area contributed by atoms with Gasteiger partial charge in [-0.1, -0.05) is 26.2 Å². The third-order valence-electron chi connectivity index (χ3n) is 1.90. The summed E-state index contributed by atoms with van der Waals surface area (Å²) < 4.78 is 25.1. The van der Waals surface area contributed by atoms with Gasteiger partial charge in [-0.3, -0.25) is 0 Å². The summed E-state index contributed by atoms with van der Waals surface area (Å²) in [6, 6.07) is 0. The lowest BCUT2D eigenvalue weighted by molar-refractivity contribution is 0.572. The number of sulfonamides is 1. The van der Waals surface area contributed by atoms with Gasteiger partial charge in [-0.2, -0.15) is 0 Å². The van der Waals surface area contributed by atoms with Crippen molar-refractivity contribution in [2.75, 3.05) is 18.2 Å². The van der Waals surface area contributed by atoms with Crippen LogP contribution in [0.3, 0.4) is 0 Å². The molecular weight excluding hydrogens is 222 g/mol. The largest absolute Gasteiger partial charge is 0.215 e. The zero-order chi connectivity index (χ0) is 10.9. The van der Waals surface area contributed by atoms with E-state index in [0.717, 1.165) is 12.8 Å². The Morgan fingerprint density at radius 2 is 1.86 bits per heavy atom. The van der Waals surface area contributed by atoms with Crippen LogP contribution < -0.4 is 4.72 Å². The first-order chi connectivity index (χ1) is 6.62. The second kappa shape index (κ2) is 8.50. The van der Waals surface area contributed by atoms with E-state index < -0.39 is 10.0 Å². The van der Waals surface area contributed by atoms with Crippen LogP contribution in [0.2, 0.25) is 0 Å². The third-order valence-corrected chi connectivity index (χ3v) is 3.64. The average molecular weight is 242 g/mol. The predicted molar refractivity (Wildman–Crippen MR) is 61.3 cm³/mol. The first-order valence-corrected chi connectivity index (χ1v) is 7.34. The fourth-order valence-electron chi connectivity index (χ4n) is 1.10. The van der Waals surface area contributed by atoms with Crippen LogP contribution in [0.15, 0.2) is 0 Å². The number of unbranched alkanes of at least 4 members (excludes halogenated alkanes) is 3. The number of nitrogens with one attached hydrogen (secondary N) is 1. The van der Waals surface area contributed by atoms with Gasteiger partial charge in [0.1, 0.15) is 0 Å². The average Bonchev–Trinajstić information content (AvgIpc) is 2.15. The van der Waals surface area contributed by atoms with Crippen LogP contribution in [0.4, 0.5) is 0 Å². The second-order valence-electron chi connectivity index (χ2n) is 3.32. The lowest BCUT2D eigenvalue weighted by Crippen LogP contribution is -2.27. The smallest absolute Gasteiger partial charge is 0.211 e. The quantitative estimate of drug-likeness (QED) is 0.497. The number of halogens is 1. The van der Waals surface area contributed by atoms with E-state index in [-0.39, 0.29) is 5.75 Å². The minimum absolute atomic E-state index is 0.143. The zero-order valence-corrected chi connectivity index (χ0v) is 10.3.